The topological polar surface area (TPSA) is 123 Å². The Morgan fingerprint density at radius 1 is 1.22 bits per heavy atom. The van der Waals surface area contributed by atoms with E-state index < -0.39 is 0 Å². The molecule has 1 aliphatic heterocycles. The largest absolute Gasteiger partial charge is 0.480 e. The van der Waals surface area contributed by atoms with E-state index in [-0.39, 0.29) is 12.0 Å². The van der Waals surface area contributed by atoms with Crippen molar-refractivity contribution in [3.05, 3.63) is 73.2 Å². The Bertz CT molecular complexity index is 1420. The zero-order valence-electron chi connectivity index (χ0n) is 19.7. The van der Waals surface area contributed by atoms with Crippen molar-refractivity contribution in [2.24, 2.45) is 0 Å². The second kappa shape index (κ2) is 10.5. The minimum absolute atomic E-state index is 0.124. The van der Waals surface area contributed by atoms with Crippen molar-refractivity contribution in [3.8, 4) is 17.1 Å². The average molecular weight is 484 g/mol. The van der Waals surface area contributed by atoms with Crippen LogP contribution in [0.5, 0.6) is 5.88 Å². The number of aromatic nitrogens is 4. The molecule has 3 aromatic heterocycles. The minimum atomic E-state index is -0.293. The molecule has 1 atom stereocenters. The summed E-state index contributed by atoms with van der Waals surface area (Å²) < 4.78 is 11.3. The molecule has 4 aromatic rings. The van der Waals surface area contributed by atoms with E-state index in [1.165, 1.54) is 6.08 Å². The second-order valence-electron chi connectivity index (χ2n) is 8.04. The highest BCUT2D eigenvalue weighted by Gasteiger charge is 2.19. The third kappa shape index (κ3) is 4.99. The summed E-state index contributed by atoms with van der Waals surface area (Å²) in [4.78, 5) is 30.0. The van der Waals surface area contributed by atoms with Crippen LogP contribution in [0.1, 0.15) is 11.8 Å². The van der Waals surface area contributed by atoms with Crippen LogP contribution < -0.4 is 20.7 Å². The Morgan fingerprint density at radius 3 is 2.94 bits per heavy atom. The van der Waals surface area contributed by atoms with Crippen LogP contribution in [-0.2, 0) is 9.53 Å². The third-order valence-electron chi connectivity index (χ3n) is 5.68. The van der Waals surface area contributed by atoms with E-state index in [0.29, 0.717) is 47.6 Å². The van der Waals surface area contributed by atoms with Gasteiger partial charge in [-0.05, 0) is 30.3 Å². The number of carbonyl (C=O) groups excluding carboxylic acids is 1. The SMILES string of the molecule is C=CC(=O)Nc1ccnc(-c2cccc3cnc(Nc4ccc(C5CNCCO5)nc4OC)nc23)c1. The number of rotatable bonds is 7. The van der Waals surface area contributed by atoms with E-state index >= 15 is 0 Å². The van der Waals surface area contributed by atoms with Gasteiger partial charge < -0.3 is 25.4 Å². The van der Waals surface area contributed by atoms with Crippen molar-refractivity contribution in [2.75, 3.05) is 37.4 Å². The highest BCUT2D eigenvalue weighted by Crippen LogP contribution is 2.31. The lowest BCUT2D eigenvalue weighted by molar-refractivity contribution is -0.111. The number of morpholine rings is 1. The van der Waals surface area contributed by atoms with E-state index in [9.17, 15) is 4.79 Å². The number of methoxy groups -OCH3 is 1. The number of hydrogen-bond acceptors (Lipinski definition) is 9. The molecule has 0 bridgehead atoms. The summed E-state index contributed by atoms with van der Waals surface area (Å²) >= 11 is 0. The molecule has 1 fully saturated rings. The van der Waals surface area contributed by atoms with Gasteiger partial charge in [0.05, 0.1) is 30.6 Å². The van der Waals surface area contributed by atoms with Crippen LogP contribution in [0.25, 0.3) is 22.2 Å². The van der Waals surface area contributed by atoms with Gasteiger partial charge in [-0.15, -0.1) is 0 Å². The fraction of sp³-hybridized carbons (Fsp3) is 0.192. The predicted molar refractivity (Wildman–Crippen MR) is 137 cm³/mol. The maximum absolute atomic E-state index is 11.7. The molecular formula is C26H25N7O3. The molecule has 3 N–H and O–H groups in total. The number of amides is 1. The summed E-state index contributed by atoms with van der Waals surface area (Å²) in [6, 6.07) is 13.1. The van der Waals surface area contributed by atoms with E-state index in [1.807, 2.05) is 30.3 Å². The molecule has 36 heavy (non-hydrogen) atoms. The highest BCUT2D eigenvalue weighted by molar-refractivity contribution is 5.99. The number of hydrogen-bond donors (Lipinski definition) is 3. The normalized spacial score (nSPS) is 15.3. The van der Waals surface area contributed by atoms with Crippen LogP contribution in [0, 0.1) is 0 Å². The first kappa shape index (κ1) is 23.3. The van der Waals surface area contributed by atoms with Gasteiger partial charge in [0.2, 0.25) is 17.7 Å². The summed E-state index contributed by atoms with van der Waals surface area (Å²) in [5.41, 5.74) is 4.21. The van der Waals surface area contributed by atoms with Crippen molar-refractivity contribution < 1.29 is 14.3 Å². The molecule has 10 heteroatoms. The van der Waals surface area contributed by atoms with Crippen molar-refractivity contribution in [3.63, 3.8) is 0 Å². The average Bonchev–Trinajstić information content (AvgIpc) is 2.93. The Kier molecular flexibility index (Phi) is 6.78. The Morgan fingerprint density at radius 2 is 2.14 bits per heavy atom. The molecular weight excluding hydrogens is 458 g/mol. The quantitative estimate of drug-likeness (QED) is 0.338. The van der Waals surface area contributed by atoms with Crippen LogP contribution in [0.4, 0.5) is 17.3 Å². The van der Waals surface area contributed by atoms with Crippen LogP contribution in [0.15, 0.2) is 67.5 Å². The van der Waals surface area contributed by atoms with Gasteiger partial charge in [-0.1, -0.05) is 24.8 Å². The van der Waals surface area contributed by atoms with E-state index in [2.05, 4.69) is 37.5 Å². The van der Waals surface area contributed by atoms with Crippen molar-refractivity contribution in [1.82, 2.24) is 25.3 Å². The van der Waals surface area contributed by atoms with Gasteiger partial charge in [-0.2, -0.15) is 0 Å². The molecule has 1 amide bonds. The Hall–Kier alpha value is -4.41. The highest BCUT2D eigenvalue weighted by atomic mass is 16.5. The lowest BCUT2D eigenvalue weighted by Gasteiger charge is -2.23. The number of para-hydroxylation sites is 1. The maximum Gasteiger partial charge on any atom is 0.247 e. The number of carbonyl (C=O) groups is 1. The molecule has 1 aromatic carbocycles. The standard InChI is InChI=1S/C26H25N7O3/c1-3-23(34)30-17-9-10-28-21(13-17)18-6-4-5-16-14-29-26(33-24(16)18)32-20-8-7-19(31-25(20)35-2)22-15-27-11-12-36-22/h3-10,13-14,22,27H,1,11-12,15H2,2H3,(H,28,30,34)(H,29,32,33). The number of anilines is 3. The van der Waals surface area contributed by atoms with Crippen molar-refractivity contribution in [2.45, 2.75) is 6.10 Å². The predicted octanol–water partition coefficient (Wildman–Crippen LogP) is 3.62. The smallest absolute Gasteiger partial charge is 0.247 e. The molecule has 1 unspecified atom stereocenters. The van der Waals surface area contributed by atoms with Crippen LogP contribution >= 0.6 is 0 Å². The first-order valence-electron chi connectivity index (χ1n) is 11.4. The zero-order valence-corrected chi connectivity index (χ0v) is 19.7. The van der Waals surface area contributed by atoms with Gasteiger partial charge in [0.25, 0.3) is 0 Å². The number of pyridine rings is 2. The van der Waals surface area contributed by atoms with E-state index in [1.54, 1.807) is 31.6 Å². The number of nitrogens with zero attached hydrogens (tertiary/aromatic N) is 4. The van der Waals surface area contributed by atoms with Gasteiger partial charge in [-0.25, -0.2) is 15.0 Å². The zero-order chi connectivity index (χ0) is 24.9. The molecule has 10 nitrogen and oxygen atoms in total. The van der Waals surface area contributed by atoms with Crippen LogP contribution in [-0.4, -0.2) is 52.6 Å². The number of ether oxygens (including phenoxy) is 2. The van der Waals surface area contributed by atoms with Gasteiger partial charge in [0, 0.05) is 42.1 Å². The lowest BCUT2D eigenvalue weighted by Crippen LogP contribution is -2.33. The lowest BCUT2D eigenvalue weighted by atomic mass is 10.1. The molecule has 5 rings (SSSR count). The molecule has 0 aliphatic carbocycles. The number of fused-ring (bicyclic) bond motifs is 1. The molecule has 4 heterocycles. The third-order valence-corrected chi connectivity index (χ3v) is 5.68. The monoisotopic (exact) mass is 483 g/mol. The van der Waals surface area contributed by atoms with Gasteiger partial charge >= 0.3 is 0 Å². The molecule has 1 aliphatic rings. The summed E-state index contributed by atoms with van der Waals surface area (Å²) in [6.07, 6.45) is 4.47. The Balaban J connectivity index is 1.46. The number of nitrogens with one attached hydrogen (secondary N) is 3. The molecule has 0 radical (unpaired) electrons. The maximum atomic E-state index is 11.7. The summed E-state index contributed by atoms with van der Waals surface area (Å²) in [6.45, 7) is 5.66. The Labute approximate surface area is 207 Å². The van der Waals surface area contributed by atoms with Gasteiger partial charge in [0.1, 0.15) is 11.8 Å². The van der Waals surface area contributed by atoms with Gasteiger partial charge in [0.15, 0.2) is 0 Å². The first-order chi connectivity index (χ1) is 17.6. The van der Waals surface area contributed by atoms with Crippen molar-refractivity contribution in [1.29, 1.82) is 0 Å². The fourth-order valence-electron chi connectivity index (χ4n) is 3.93. The molecule has 1 saturated heterocycles. The minimum Gasteiger partial charge on any atom is -0.480 e. The summed E-state index contributed by atoms with van der Waals surface area (Å²) in [7, 11) is 1.57. The number of benzene rings is 1. The van der Waals surface area contributed by atoms with Crippen LogP contribution in [0.2, 0.25) is 0 Å². The summed E-state index contributed by atoms with van der Waals surface area (Å²) in [5.74, 6) is 0.513. The molecule has 0 spiro atoms. The van der Waals surface area contributed by atoms with Crippen LogP contribution in [0.3, 0.4) is 0 Å². The van der Waals surface area contributed by atoms with E-state index in [4.69, 9.17) is 14.5 Å². The van der Waals surface area contributed by atoms with Crippen molar-refractivity contribution >= 4 is 34.1 Å². The summed E-state index contributed by atoms with van der Waals surface area (Å²) in [5, 5.41) is 10.1. The second-order valence-corrected chi connectivity index (χ2v) is 8.04. The fourth-order valence-corrected chi connectivity index (χ4v) is 3.93. The molecule has 182 valence electrons. The van der Waals surface area contributed by atoms with E-state index in [0.717, 1.165) is 23.2 Å². The molecule has 0 saturated carbocycles. The first-order valence-corrected chi connectivity index (χ1v) is 11.4. The van der Waals surface area contributed by atoms with Gasteiger partial charge in [-0.3, -0.25) is 9.78 Å².